The Morgan fingerprint density at radius 2 is 1.93 bits per heavy atom. The van der Waals surface area contributed by atoms with Gasteiger partial charge >= 0.3 is 12.0 Å². The molecule has 6 heteroatoms. The summed E-state index contributed by atoms with van der Waals surface area (Å²) in [7, 11) is 0. The molecule has 3 aromatic rings. The molecular formula is C21H22F2N2O2. The number of aryl methyl sites for hydroxylation is 2. The van der Waals surface area contributed by atoms with E-state index < -0.39 is 12.0 Å². The van der Waals surface area contributed by atoms with Crippen molar-refractivity contribution in [1.29, 1.82) is 0 Å². The molecule has 142 valence electrons. The fraction of sp³-hybridized carbons (Fsp3) is 0.333. The van der Waals surface area contributed by atoms with E-state index in [0.29, 0.717) is 35.3 Å². The SMILES string of the molecule is CCCCc1nc2ccccc2n1C(F)(F)c1ccc(C(=O)O)c(CC)c1. The number of nitrogens with zero attached hydrogens (tertiary/aromatic N) is 2. The monoisotopic (exact) mass is 372 g/mol. The van der Waals surface area contributed by atoms with Gasteiger partial charge in [-0.3, -0.25) is 4.57 Å². The number of aromatic nitrogens is 2. The highest BCUT2D eigenvalue weighted by Crippen LogP contribution is 2.36. The van der Waals surface area contributed by atoms with Crippen molar-refractivity contribution in [2.45, 2.75) is 45.6 Å². The molecule has 0 aliphatic rings. The van der Waals surface area contributed by atoms with Gasteiger partial charge in [-0.05, 0) is 42.7 Å². The van der Waals surface area contributed by atoms with E-state index in [0.717, 1.165) is 17.4 Å². The van der Waals surface area contributed by atoms with E-state index in [2.05, 4.69) is 4.98 Å². The number of rotatable bonds is 7. The molecule has 0 atom stereocenters. The summed E-state index contributed by atoms with van der Waals surface area (Å²) in [5.74, 6) is -0.776. The van der Waals surface area contributed by atoms with Crippen LogP contribution < -0.4 is 0 Å². The fourth-order valence-corrected chi connectivity index (χ4v) is 3.30. The highest BCUT2D eigenvalue weighted by molar-refractivity contribution is 5.89. The molecule has 1 heterocycles. The molecule has 0 saturated carbocycles. The molecule has 1 aromatic heterocycles. The Morgan fingerprint density at radius 3 is 2.59 bits per heavy atom. The molecule has 0 aliphatic carbocycles. The van der Waals surface area contributed by atoms with Crippen molar-refractivity contribution >= 4 is 17.0 Å². The number of halogens is 2. The summed E-state index contributed by atoms with van der Waals surface area (Å²) < 4.78 is 32.1. The number of hydrogen-bond acceptors (Lipinski definition) is 2. The summed E-state index contributed by atoms with van der Waals surface area (Å²) in [4.78, 5) is 15.7. The first kappa shape index (κ1) is 19.0. The van der Waals surface area contributed by atoms with Crippen LogP contribution in [0.3, 0.4) is 0 Å². The normalized spacial score (nSPS) is 11.9. The average Bonchev–Trinajstić information content (AvgIpc) is 3.04. The Morgan fingerprint density at radius 1 is 1.19 bits per heavy atom. The zero-order valence-corrected chi connectivity index (χ0v) is 15.4. The number of carboxylic acid groups (broad SMARTS) is 1. The lowest BCUT2D eigenvalue weighted by Crippen LogP contribution is -2.27. The summed E-state index contributed by atoms with van der Waals surface area (Å²) in [5.41, 5.74) is 1.11. The van der Waals surface area contributed by atoms with Gasteiger partial charge in [-0.25, -0.2) is 9.78 Å². The lowest BCUT2D eigenvalue weighted by Gasteiger charge is -2.22. The van der Waals surface area contributed by atoms with E-state index in [1.54, 1.807) is 31.2 Å². The zero-order valence-electron chi connectivity index (χ0n) is 15.4. The summed E-state index contributed by atoms with van der Waals surface area (Å²) >= 11 is 0. The molecule has 2 aromatic carbocycles. The van der Waals surface area contributed by atoms with Gasteiger partial charge in [0.2, 0.25) is 0 Å². The van der Waals surface area contributed by atoms with E-state index in [9.17, 15) is 9.90 Å². The van der Waals surface area contributed by atoms with E-state index in [1.165, 1.54) is 18.2 Å². The third-order valence-electron chi connectivity index (χ3n) is 4.73. The van der Waals surface area contributed by atoms with Gasteiger partial charge in [0, 0.05) is 12.0 Å². The average molecular weight is 372 g/mol. The second kappa shape index (κ2) is 7.47. The minimum atomic E-state index is -3.33. The lowest BCUT2D eigenvalue weighted by molar-refractivity contribution is -0.0351. The Labute approximate surface area is 156 Å². The van der Waals surface area contributed by atoms with E-state index in [4.69, 9.17) is 0 Å². The number of fused-ring (bicyclic) bond motifs is 1. The Kier molecular flexibility index (Phi) is 5.26. The van der Waals surface area contributed by atoms with Crippen molar-refractivity contribution in [2.75, 3.05) is 0 Å². The van der Waals surface area contributed by atoms with Gasteiger partial charge in [0.25, 0.3) is 0 Å². The molecule has 27 heavy (non-hydrogen) atoms. The van der Waals surface area contributed by atoms with Gasteiger partial charge in [-0.2, -0.15) is 8.78 Å². The van der Waals surface area contributed by atoms with Crippen LogP contribution in [0.25, 0.3) is 11.0 Å². The molecular weight excluding hydrogens is 350 g/mol. The first-order chi connectivity index (χ1) is 12.9. The smallest absolute Gasteiger partial charge is 0.357 e. The molecule has 0 bridgehead atoms. The molecule has 0 fully saturated rings. The van der Waals surface area contributed by atoms with Crippen LogP contribution in [0.2, 0.25) is 0 Å². The Balaban J connectivity index is 2.18. The minimum Gasteiger partial charge on any atom is -0.478 e. The first-order valence-electron chi connectivity index (χ1n) is 9.11. The maximum atomic E-state index is 15.6. The van der Waals surface area contributed by atoms with Crippen LogP contribution in [0.15, 0.2) is 42.5 Å². The quantitative estimate of drug-likeness (QED) is 0.617. The number of imidazole rings is 1. The predicted octanol–water partition coefficient (Wildman–Crippen LogP) is 5.24. The fourth-order valence-electron chi connectivity index (χ4n) is 3.30. The highest BCUT2D eigenvalue weighted by atomic mass is 19.3. The van der Waals surface area contributed by atoms with E-state index >= 15 is 8.78 Å². The van der Waals surface area contributed by atoms with Gasteiger partial charge in [0.15, 0.2) is 0 Å². The summed E-state index contributed by atoms with van der Waals surface area (Å²) in [5, 5.41) is 9.25. The maximum absolute atomic E-state index is 15.6. The van der Waals surface area contributed by atoms with Crippen LogP contribution in [0.1, 0.15) is 54.0 Å². The predicted molar refractivity (Wildman–Crippen MR) is 100 cm³/mol. The topological polar surface area (TPSA) is 55.1 Å². The molecule has 0 spiro atoms. The minimum absolute atomic E-state index is 0.0544. The standard InChI is InChI=1S/C21H22F2N2O2/c1-3-5-10-19-24-17-8-6-7-9-18(17)25(19)21(22,23)15-11-12-16(20(26)27)14(4-2)13-15/h6-9,11-13H,3-5,10H2,1-2H3,(H,26,27). The van der Waals surface area contributed by atoms with Crippen molar-refractivity contribution in [3.63, 3.8) is 0 Å². The van der Waals surface area contributed by atoms with Crippen molar-refractivity contribution in [1.82, 2.24) is 9.55 Å². The van der Waals surface area contributed by atoms with E-state index in [1.807, 2.05) is 6.92 Å². The summed E-state index contributed by atoms with van der Waals surface area (Å²) in [6.45, 7) is 3.76. The molecule has 3 rings (SSSR count). The third-order valence-corrected chi connectivity index (χ3v) is 4.73. The van der Waals surface area contributed by atoms with Gasteiger partial charge in [0.05, 0.1) is 16.6 Å². The largest absolute Gasteiger partial charge is 0.478 e. The van der Waals surface area contributed by atoms with Crippen LogP contribution in [0, 0.1) is 0 Å². The number of hydrogen-bond donors (Lipinski definition) is 1. The molecule has 0 amide bonds. The van der Waals surface area contributed by atoms with Gasteiger partial charge in [0.1, 0.15) is 5.82 Å². The molecule has 0 aliphatic heterocycles. The van der Waals surface area contributed by atoms with Crippen LogP contribution in [0.4, 0.5) is 8.78 Å². The summed E-state index contributed by atoms with van der Waals surface area (Å²) in [6.07, 6.45) is 2.45. The number of unbranched alkanes of at least 4 members (excludes halogenated alkanes) is 1. The third kappa shape index (κ3) is 3.44. The van der Waals surface area contributed by atoms with Crippen LogP contribution in [0.5, 0.6) is 0 Å². The summed E-state index contributed by atoms with van der Waals surface area (Å²) in [6, 6.07) is 7.27. The first-order valence-corrected chi connectivity index (χ1v) is 9.11. The highest BCUT2D eigenvalue weighted by Gasteiger charge is 2.38. The Hall–Kier alpha value is -2.76. The van der Waals surface area contributed by atoms with Crippen molar-refractivity contribution in [3.8, 4) is 0 Å². The number of para-hydroxylation sites is 2. The maximum Gasteiger partial charge on any atom is 0.357 e. The Bertz CT molecular complexity index is 979. The second-order valence-corrected chi connectivity index (χ2v) is 6.53. The molecule has 0 unspecified atom stereocenters. The van der Waals surface area contributed by atoms with E-state index in [-0.39, 0.29) is 11.1 Å². The van der Waals surface area contributed by atoms with Crippen LogP contribution in [-0.2, 0) is 18.9 Å². The van der Waals surface area contributed by atoms with Crippen molar-refractivity contribution in [3.05, 3.63) is 65.0 Å². The molecule has 4 nitrogen and oxygen atoms in total. The second-order valence-electron chi connectivity index (χ2n) is 6.53. The van der Waals surface area contributed by atoms with Crippen LogP contribution >= 0.6 is 0 Å². The molecule has 0 saturated heterocycles. The lowest BCUT2D eigenvalue weighted by atomic mass is 10.0. The van der Waals surface area contributed by atoms with Gasteiger partial charge in [-0.1, -0.05) is 38.5 Å². The number of carboxylic acids is 1. The molecule has 0 radical (unpaired) electrons. The molecule has 1 N–H and O–H groups in total. The van der Waals surface area contributed by atoms with Gasteiger partial charge < -0.3 is 5.11 Å². The van der Waals surface area contributed by atoms with Crippen LogP contribution in [-0.4, -0.2) is 20.6 Å². The van der Waals surface area contributed by atoms with Crippen molar-refractivity contribution in [2.24, 2.45) is 0 Å². The zero-order chi connectivity index (χ0) is 19.6. The van der Waals surface area contributed by atoms with Crippen molar-refractivity contribution < 1.29 is 18.7 Å². The number of aromatic carboxylic acids is 1. The van der Waals surface area contributed by atoms with Gasteiger partial charge in [-0.15, -0.1) is 0 Å². The number of carbonyl (C=O) groups is 1. The number of alkyl halides is 2. The number of benzene rings is 2.